The van der Waals surface area contributed by atoms with Gasteiger partial charge in [-0.2, -0.15) is 0 Å². The summed E-state index contributed by atoms with van der Waals surface area (Å²) < 4.78 is 0. The van der Waals surface area contributed by atoms with Crippen LogP contribution >= 0.6 is 0 Å². The largest absolute Gasteiger partial charge is 0.340 e. The van der Waals surface area contributed by atoms with Gasteiger partial charge in [-0.3, -0.25) is 4.79 Å². The van der Waals surface area contributed by atoms with Crippen molar-refractivity contribution in [2.75, 3.05) is 33.2 Å². The molecule has 0 spiro atoms. The van der Waals surface area contributed by atoms with Crippen LogP contribution in [-0.2, 0) is 0 Å². The van der Waals surface area contributed by atoms with E-state index in [1.165, 1.54) is 0 Å². The van der Waals surface area contributed by atoms with Gasteiger partial charge in [-0.05, 0) is 25.2 Å². The van der Waals surface area contributed by atoms with Crippen molar-refractivity contribution < 1.29 is 4.79 Å². The van der Waals surface area contributed by atoms with Crippen molar-refractivity contribution >= 4 is 5.91 Å². The highest BCUT2D eigenvalue weighted by atomic mass is 16.2. The van der Waals surface area contributed by atoms with Gasteiger partial charge in [-0.1, -0.05) is 32.0 Å². The van der Waals surface area contributed by atoms with Crippen LogP contribution in [0.4, 0.5) is 0 Å². The van der Waals surface area contributed by atoms with E-state index in [9.17, 15) is 4.79 Å². The summed E-state index contributed by atoms with van der Waals surface area (Å²) in [5, 5.41) is 0. The van der Waals surface area contributed by atoms with Gasteiger partial charge in [0.05, 0.1) is 0 Å². The van der Waals surface area contributed by atoms with E-state index in [-0.39, 0.29) is 5.91 Å². The third-order valence-corrected chi connectivity index (χ3v) is 3.01. The average molecular weight is 234 g/mol. The molecule has 94 valence electrons. The first-order valence-electron chi connectivity index (χ1n) is 6.21. The molecule has 0 aliphatic heterocycles. The molecular formula is C14H22N2O. The Hall–Kier alpha value is -1.35. The van der Waals surface area contributed by atoms with E-state index in [0.717, 1.165) is 31.7 Å². The van der Waals surface area contributed by atoms with Crippen LogP contribution in [0.15, 0.2) is 30.3 Å². The maximum Gasteiger partial charge on any atom is 0.253 e. The number of carbonyl (C=O) groups excluding carboxylic acids is 1. The van der Waals surface area contributed by atoms with Gasteiger partial charge in [0.2, 0.25) is 0 Å². The van der Waals surface area contributed by atoms with Crippen molar-refractivity contribution in [3.8, 4) is 0 Å². The molecule has 0 atom stereocenters. The Morgan fingerprint density at radius 2 is 1.65 bits per heavy atom. The second-order valence-corrected chi connectivity index (χ2v) is 4.12. The third-order valence-electron chi connectivity index (χ3n) is 3.01. The normalized spacial score (nSPS) is 10.6. The van der Waals surface area contributed by atoms with Crippen molar-refractivity contribution in [3.63, 3.8) is 0 Å². The second-order valence-electron chi connectivity index (χ2n) is 4.12. The van der Waals surface area contributed by atoms with Crippen LogP contribution in [-0.4, -0.2) is 48.9 Å². The molecule has 0 radical (unpaired) electrons. The van der Waals surface area contributed by atoms with Crippen LogP contribution in [0.1, 0.15) is 24.2 Å². The summed E-state index contributed by atoms with van der Waals surface area (Å²) in [6.07, 6.45) is 0. The molecule has 0 N–H and O–H groups in total. The van der Waals surface area contributed by atoms with Crippen molar-refractivity contribution in [1.82, 2.24) is 9.80 Å². The minimum Gasteiger partial charge on any atom is -0.340 e. The number of carbonyl (C=O) groups is 1. The quantitative estimate of drug-likeness (QED) is 0.752. The van der Waals surface area contributed by atoms with Gasteiger partial charge < -0.3 is 9.80 Å². The van der Waals surface area contributed by atoms with E-state index in [1.807, 2.05) is 37.4 Å². The van der Waals surface area contributed by atoms with Crippen LogP contribution in [0.5, 0.6) is 0 Å². The number of benzene rings is 1. The smallest absolute Gasteiger partial charge is 0.253 e. The molecule has 0 bridgehead atoms. The van der Waals surface area contributed by atoms with Crippen molar-refractivity contribution in [3.05, 3.63) is 35.9 Å². The first-order chi connectivity index (χ1) is 8.19. The number of nitrogens with zero attached hydrogens (tertiary/aromatic N) is 2. The van der Waals surface area contributed by atoms with Gasteiger partial charge >= 0.3 is 0 Å². The molecule has 3 nitrogen and oxygen atoms in total. The van der Waals surface area contributed by atoms with Crippen molar-refractivity contribution in [2.24, 2.45) is 0 Å². The van der Waals surface area contributed by atoms with Crippen LogP contribution < -0.4 is 0 Å². The predicted octanol–water partition coefficient (Wildman–Crippen LogP) is 2.10. The number of likely N-dealkylation sites (N-methyl/N-ethyl adjacent to an activating group) is 2. The Bertz CT molecular complexity index is 333. The molecule has 1 aromatic carbocycles. The molecule has 0 fully saturated rings. The Balaban J connectivity index is 2.48. The maximum atomic E-state index is 12.0. The molecule has 1 rings (SSSR count). The molecule has 0 saturated heterocycles. The fraction of sp³-hybridized carbons (Fsp3) is 0.500. The molecule has 0 saturated carbocycles. The summed E-state index contributed by atoms with van der Waals surface area (Å²) in [6, 6.07) is 9.43. The monoisotopic (exact) mass is 234 g/mol. The Kier molecular flexibility index (Phi) is 5.70. The van der Waals surface area contributed by atoms with Crippen LogP contribution in [0, 0.1) is 0 Å². The highest BCUT2D eigenvalue weighted by Gasteiger charge is 2.11. The molecular weight excluding hydrogens is 212 g/mol. The lowest BCUT2D eigenvalue weighted by Gasteiger charge is -2.23. The molecule has 0 aliphatic carbocycles. The average Bonchev–Trinajstić information content (AvgIpc) is 2.39. The fourth-order valence-electron chi connectivity index (χ4n) is 1.73. The highest BCUT2D eigenvalue weighted by Crippen LogP contribution is 2.03. The lowest BCUT2D eigenvalue weighted by molar-refractivity contribution is 0.0780. The summed E-state index contributed by atoms with van der Waals surface area (Å²) in [6.45, 7) is 8.05. The second kappa shape index (κ2) is 7.07. The Labute approximate surface area is 104 Å². The van der Waals surface area contributed by atoms with Crippen LogP contribution in [0.2, 0.25) is 0 Å². The molecule has 0 aliphatic rings. The predicted molar refractivity (Wildman–Crippen MR) is 71.2 cm³/mol. The molecule has 0 heterocycles. The molecule has 0 aromatic heterocycles. The number of rotatable bonds is 6. The van der Waals surface area contributed by atoms with Crippen LogP contribution in [0.25, 0.3) is 0 Å². The zero-order valence-electron chi connectivity index (χ0n) is 11.0. The summed E-state index contributed by atoms with van der Waals surface area (Å²) in [5.41, 5.74) is 0.759. The number of amides is 1. The Morgan fingerprint density at radius 1 is 1.06 bits per heavy atom. The Morgan fingerprint density at radius 3 is 2.18 bits per heavy atom. The van der Waals surface area contributed by atoms with Crippen molar-refractivity contribution in [2.45, 2.75) is 13.8 Å². The first-order valence-corrected chi connectivity index (χ1v) is 6.21. The summed E-state index contributed by atoms with van der Waals surface area (Å²) in [7, 11) is 1.86. The molecule has 17 heavy (non-hydrogen) atoms. The van der Waals surface area contributed by atoms with Gasteiger partial charge in [0.15, 0.2) is 0 Å². The molecule has 1 amide bonds. The molecule has 1 aromatic rings. The third kappa shape index (κ3) is 4.19. The van der Waals surface area contributed by atoms with E-state index in [2.05, 4.69) is 18.7 Å². The first kappa shape index (κ1) is 13.7. The molecule has 3 heteroatoms. The van der Waals surface area contributed by atoms with E-state index in [0.29, 0.717) is 0 Å². The standard InChI is InChI=1S/C14H22N2O/c1-4-16(5-2)12-11-15(3)14(17)13-9-7-6-8-10-13/h6-10H,4-5,11-12H2,1-3H3. The van der Waals surface area contributed by atoms with Crippen molar-refractivity contribution in [1.29, 1.82) is 0 Å². The highest BCUT2D eigenvalue weighted by molar-refractivity contribution is 5.93. The number of hydrogen-bond acceptors (Lipinski definition) is 2. The maximum absolute atomic E-state index is 12.0. The summed E-state index contributed by atoms with van der Waals surface area (Å²) >= 11 is 0. The minimum absolute atomic E-state index is 0.0951. The SMILES string of the molecule is CCN(CC)CCN(C)C(=O)c1ccccc1. The lowest BCUT2D eigenvalue weighted by atomic mass is 10.2. The van der Waals surface area contributed by atoms with Gasteiger partial charge in [-0.25, -0.2) is 0 Å². The van der Waals surface area contributed by atoms with Gasteiger partial charge in [0.25, 0.3) is 5.91 Å². The topological polar surface area (TPSA) is 23.6 Å². The van der Waals surface area contributed by atoms with Crippen LogP contribution in [0.3, 0.4) is 0 Å². The fourth-order valence-corrected chi connectivity index (χ4v) is 1.73. The zero-order chi connectivity index (χ0) is 12.7. The van der Waals surface area contributed by atoms with E-state index in [4.69, 9.17) is 0 Å². The van der Waals surface area contributed by atoms with E-state index >= 15 is 0 Å². The number of hydrogen-bond donors (Lipinski definition) is 0. The zero-order valence-corrected chi connectivity index (χ0v) is 11.0. The van der Waals surface area contributed by atoms with Gasteiger partial charge in [0, 0.05) is 25.7 Å². The van der Waals surface area contributed by atoms with Gasteiger partial charge in [-0.15, -0.1) is 0 Å². The van der Waals surface area contributed by atoms with E-state index in [1.54, 1.807) is 4.90 Å². The van der Waals surface area contributed by atoms with Gasteiger partial charge in [0.1, 0.15) is 0 Å². The van der Waals surface area contributed by atoms with E-state index < -0.39 is 0 Å². The minimum atomic E-state index is 0.0951. The summed E-state index contributed by atoms with van der Waals surface area (Å²) in [5.74, 6) is 0.0951. The summed E-state index contributed by atoms with van der Waals surface area (Å²) in [4.78, 5) is 16.1. The lowest BCUT2D eigenvalue weighted by Crippen LogP contribution is -2.36. The molecule has 0 unspecified atom stereocenters.